The number of nitrogens with one attached hydrogen (secondary N) is 2. The lowest BCUT2D eigenvalue weighted by atomic mass is 10.2. The summed E-state index contributed by atoms with van der Waals surface area (Å²) in [5.74, 6) is 0.530. The van der Waals surface area contributed by atoms with Crippen LogP contribution in [0.1, 0.15) is 5.56 Å². The van der Waals surface area contributed by atoms with Crippen molar-refractivity contribution < 1.29 is 23.8 Å². The third-order valence-corrected chi connectivity index (χ3v) is 4.78. The molecule has 0 saturated carbocycles. The monoisotopic (exact) mass is 436 g/mol. The van der Waals surface area contributed by atoms with E-state index < -0.39 is 5.97 Å². The van der Waals surface area contributed by atoms with Gasteiger partial charge in [-0.3, -0.25) is 9.36 Å². The van der Waals surface area contributed by atoms with Crippen LogP contribution in [0.5, 0.6) is 11.5 Å². The van der Waals surface area contributed by atoms with Crippen LogP contribution in [-0.4, -0.2) is 43.9 Å². The Morgan fingerprint density at radius 3 is 2.72 bits per heavy atom. The Kier molecular flexibility index (Phi) is 4.90. The number of halogens is 1. The van der Waals surface area contributed by atoms with Crippen LogP contribution >= 0.6 is 0 Å². The van der Waals surface area contributed by atoms with Crippen LogP contribution in [-0.2, 0) is 11.3 Å². The van der Waals surface area contributed by atoms with Crippen LogP contribution in [0.15, 0.2) is 48.7 Å². The minimum Gasteiger partial charge on any atom is -0.480 e. The molecule has 4 aromatic rings. The number of aliphatic carboxylic acids is 1. The molecule has 0 aliphatic carbocycles. The van der Waals surface area contributed by atoms with E-state index in [0.29, 0.717) is 40.8 Å². The molecule has 162 valence electrons. The van der Waals surface area contributed by atoms with Crippen molar-refractivity contribution in [2.75, 3.05) is 24.0 Å². The topological polar surface area (TPSA) is 123 Å². The van der Waals surface area contributed by atoms with Crippen LogP contribution < -0.4 is 20.1 Å². The first kappa shape index (κ1) is 19.5. The molecule has 11 heteroatoms. The van der Waals surface area contributed by atoms with Crippen molar-refractivity contribution in [2.45, 2.75) is 6.54 Å². The molecule has 0 fully saturated rings. The van der Waals surface area contributed by atoms with Gasteiger partial charge in [0.15, 0.2) is 17.1 Å². The molecule has 2 aromatic heterocycles. The third-order valence-electron chi connectivity index (χ3n) is 4.78. The van der Waals surface area contributed by atoms with Crippen molar-refractivity contribution >= 4 is 29.0 Å². The number of carboxylic acid groups (broad SMARTS) is 1. The molecule has 3 N–H and O–H groups in total. The summed E-state index contributed by atoms with van der Waals surface area (Å²) in [5.41, 5.74) is 2.55. The first-order valence-electron chi connectivity index (χ1n) is 9.66. The zero-order valence-corrected chi connectivity index (χ0v) is 16.6. The van der Waals surface area contributed by atoms with E-state index in [1.54, 1.807) is 28.8 Å². The number of carboxylic acids is 1. The molecule has 10 nitrogen and oxygen atoms in total. The van der Waals surface area contributed by atoms with E-state index in [0.717, 1.165) is 5.56 Å². The summed E-state index contributed by atoms with van der Waals surface area (Å²) < 4.78 is 25.9. The van der Waals surface area contributed by atoms with E-state index in [-0.39, 0.29) is 25.1 Å². The molecule has 0 atom stereocenters. The van der Waals surface area contributed by atoms with Crippen LogP contribution in [0, 0.1) is 5.82 Å². The summed E-state index contributed by atoms with van der Waals surface area (Å²) in [6.07, 6.45) is 1.51. The van der Waals surface area contributed by atoms with Gasteiger partial charge in [0.1, 0.15) is 17.9 Å². The fraction of sp³-hybridized carbons (Fsp3) is 0.143. The van der Waals surface area contributed by atoms with Gasteiger partial charge in [0, 0.05) is 12.6 Å². The number of hydrogen-bond donors (Lipinski definition) is 3. The van der Waals surface area contributed by atoms with Crippen molar-refractivity contribution in [1.82, 2.24) is 19.5 Å². The molecule has 3 heterocycles. The normalized spacial score (nSPS) is 12.2. The Labute approximate surface area is 180 Å². The fourth-order valence-corrected chi connectivity index (χ4v) is 3.28. The molecule has 0 spiro atoms. The van der Waals surface area contributed by atoms with Gasteiger partial charge in [0.05, 0.1) is 11.9 Å². The maximum absolute atomic E-state index is 13.2. The largest absolute Gasteiger partial charge is 0.480 e. The number of benzene rings is 2. The lowest BCUT2D eigenvalue weighted by Gasteiger charge is -2.11. The molecule has 0 unspecified atom stereocenters. The predicted octanol–water partition coefficient (Wildman–Crippen LogP) is 2.79. The maximum Gasteiger partial charge on any atom is 0.322 e. The number of hydrogen-bond acceptors (Lipinski definition) is 8. The van der Waals surface area contributed by atoms with Crippen molar-refractivity contribution in [3.05, 3.63) is 60.0 Å². The lowest BCUT2D eigenvalue weighted by Crippen LogP contribution is -2.14. The SMILES string of the molecule is O=C(O)CNc1ncc2nc(NCc3ccc(F)cc3)n(-c3ccc4c(c3)OCO4)c2n1. The molecule has 1 aliphatic heterocycles. The molecule has 0 amide bonds. The summed E-state index contributed by atoms with van der Waals surface area (Å²) >= 11 is 0. The average molecular weight is 436 g/mol. The van der Waals surface area contributed by atoms with Crippen molar-refractivity contribution in [1.29, 1.82) is 0 Å². The van der Waals surface area contributed by atoms with Gasteiger partial charge in [-0.2, -0.15) is 4.98 Å². The molecule has 0 bridgehead atoms. The zero-order valence-electron chi connectivity index (χ0n) is 16.6. The highest BCUT2D eigenvalue weighted by Crippen LogP contribution is 2.35. The summed E-state index contributed by atoms with van der Waals surface area (Å²) in [6.45, 7) is 0.218. The standard InChI is InChI=1S/C21H17FN6O4/c22-13-3-1-12(2-4-13)8-25-21-26-15-9-23-20(24-10-18(29)30)27-19(15)28(21)14-5-6-16-17(7-14)32-11-31-16/h1-7,9H,8,10-11H2,(H,25,26)(H,29,30)(H,23,24,27). The second-order valence-corrected chi connectivity index (χ2v) is 6.94. The smallest absolute Gasteiger partial charge is 0.322 e. The van der Waals surface area contributed by atoms with Crippen LogP contribution in [0.3, 0.4) is 0 Å². The van der Waals surface area contributed by atoms with Crippen LogP contribution in [0.2, 0.25) is 0 Å². The number of carbonyl (C=O) groups is 1. The Morgan fingerprint density at radius 2 is 1.91 bits per heavy atom. The number of rotatable bonds is 7. The number of anilines is 2. The van der Waals surface area contributed by atoms with Gasteiger partial charge in [-0.15, -0.1) is 0 Å². The van der Waals surface area contributed by atoms with Crippen molar-refractivity contribution in [2.24, 2.45) is 0 Å². The molecular weight excluding hydrogens is 419 g/mol. The number of aromatic nitrogens is 4. The summed E-state index contributed by atoms with van der Waals surface area (Å²) in [5, 5.41) is 14.8. The zero-order chi connectivity index (χ0) is 22.1. The van der Waals surface area contributed by atoms with E-state index in [2.05, 4.69) is 25.6 Å². The van der Waals surface area contributed by atoms with Gasteiger partial charge in [-0.25, -0.2) is 14.4 Å². The minimum atomic E-state index is -1.03. The van der Waals surface area contributed by atoms with Crippen LogP contribution in [0.25, 0.3) is 16.9 Å². The Morgan fingerprint density at radius 1 is 1.09 bits per heavy atom. The highest BCUT2D eigenvalue weighted by Gasteiger charge is 2.19. The molecule has 1 aliphatic rings. The van der Waals surface area contributed by atoms with Gasteiger partial charge >= 0.3 is 5.97 Å². The number of fused-ring (bicyclic) bond motifs is 2. The molecule has 5 rings (SSSR count). The summed E-state index contributed by atoms with van der Waals surface area (Å²) in [7, 11) is 0. The second kappa shape index (κ2) is 8.02. The second-order valence-electron chi connectivity index (χ2n) is 6.94. The van der Waals surface area contributed by atoms with E-state index in [9.17, 15) is 9.18 Å². The van der Waals surface area contributed by atoms with E-state index in [1.807, 2.05) is 6.07 Å². The van der Waals surface area contributed by atoms with Crippen molar-refractivity contribution in [3.8, 4) is 17.2 Å². The van der Waals surface area contributed by atoms with Gasteiger partial charge in [0.25, 0.3) is 0 Å². The van der Waals surface area contributed by atoms with Crippen LogP contribution in [0.4, 0.5) is 16.3 Å². The number of nitrogens with zero attached hydrogens (tertiary/aromatic N) is 4. The Balaban J connectivity index is 1.55. The molecular formula is C21H17FN6O4. The van der Waals surface area contributed by atoms with Gasteiger partial charge in [0.2, 0.25) is 18.7 Å². The van der Waals surface area contributed by atoms with Gasteiger partial charge in [-0.1, -0.05) is 12.1 Å². The first-order valence-corrected chi connectivity index (χ1v) is 9.66. The molecule has 32 heavy (non-hydrogen) atoms. The fourth-order valence-electron chi connectivity index (χ4n) is 3.28. The molecule has 2 aromatic carbocycles. The summed E-state index contributed by atoms with van der Waals surface area (Å²) in [4.78, 5) is 24.1. The quantitative estimate of drug-likeness (QED) is 0.401. The Bertz CT molecular complexity index is 1310. The van der Waals surface area contributed by atoms with E-state index >= 15 is 0 Å². The maximum atomic E-state index is 13.2. The predicted molar refractivity (Wildman–Crippen MR) is 113 cm³/mol. The summed E-state index contributed by atoms with van der Waals surface area (Å²) in [6, 6.07) is 11.6. The van der Waals surface area contributed by atoms with Gasteiger partial charge < -0.3 is 25.2 Å². The minimum absolute atomic E-state index is 0.143. The highest BCUT2D eigenvalue weighted by molar-refractivity contribution is 5.79. The number of ether oxygens (including phenoxy) is 2. The van der Waals surface area contributed by atoms with E-state index in [4.69, 9.17) is 14.6 Å². The van der Waals surface area contributed by atoms with Gasteiger partial charge in [-0.05, 0) is 29.8 Å². The highest BCUT2D eigenvalue weighted by atomic mass is 19.1. The van der Waals surface area contributed by atoms with Crippen molar-refractivity contribution in [3.63, 3.8) is 0 Å². The first-order chi connectivity index (χ1) is 15.6. The molecule has 0 radical (unpaired) electrons. The average Bonchev–Trinajstić information content (AvgIpc) is 3.40. The Hall–Kier alpha value is -4.41. The third kappa shape index (κ3) is 3.83. The lowest BCUT2D eigenvalue weighted by molar-refractivity contribution is -0.134. The number of imidazole rings is 1. The molecule has 0 saturated heterocycles. The van der Waals surface area contributed by atoms with E-state index in [1.165, 1.54) is 18.3 Å².